The van der Waals surface area contributed by atoms with Crippen molar-refractivity contribution in [3.63, 3.8) is 0 Å². The van der Waals surface area contributed by atoms with E-state index in [1.165, 1.54) is 0 Å². The highest BCUT2D eigenvalue weighted by Crippen LogP contribution is 2.43. The summed E-state index contributed by atoms with van der Waals surface area (Å²) in [6.45, 7) is 1.45. The third-order valence-electron chi connectivity index (χ3n) is 3.97. The fraction of sp³-hybridized carbons (Fsp3) is 0.615. The van der Waals surface area contributed by atoms with Gasteiger partial charge in [-0.1, -0.05) is 0 Å². The van der Waals surface area contributed by atoms with Crippen LogP contribution in [0.1, 0.15) is 16.8 Å². The number of methoxy groups -OCH3 is 1. The number of thiophene rings is 1. The average Bonchev–Trinajstić information content (AvgIpc) is 3.02. The number of amides is 1. The lowest BCUT2D eigenvalue weighted by atomic mass is 9.67. The van der Waals surface area contributed by atoms with E-state index in [0.29, 0.717) is 18.4 Å². The van der Waals surface area contributed by atoms with E-state index in [-0.39, 0.29) is 18.1 Å². The molecule has 4 atom stereocenters. The van der Waals surface area contributed by atoms with E-state index >= 15 is 0 Å². The predicted molar refractivity (Wildman–Crippen MR) is 68.8 cm³/mol. The van der Waals surface area contributed by atoms with Crippen molar-refractivity contribution in [2.45, 2.75) is 18.6 Å². The lowest BCUT2D eigenvalue weighted by Crippen LogP contribution is -2.62. The van der Waals surface area contributed by atoms with E-state index in [1.807, 2.05) is 16.8 Å². The molecule has 18 heavy (non-hydrogen) atoms. The van der Waals surface area contributed by atoms with Gasteiger partial charge in [-0.15, -0.1) is 0 Å². The lowest BCUT2D eigenvalue weighted by Gasteiger charge is -2.47. The van der Waals surface area contributed by atoms with Gasteiger partial charge in [0.1, 0.15) is 0 Å². The third-order valence-corrected chi connectivity index (χ3v) is 4.65. The maximum absolute atomic E-state index is 12.1. The normalized spacial score (nSPS) is 33.8. The first-order valence-electron chi connectivity index (χ1n) is 6.25. The van der Waals surface area contributed by atoms with Crippen LogP contribution in [0.2, 0.25) is 0 Å². The molecule has 1 N–H and O–H groups in total. The molecule has 5 heteroatoms. The minimum Gasteiger partial charge on any atom is -0.384 e. The van der Waals surface area contributed by atoms with Crippen molar-refractivity contribution in [1.82, 2.24) is 5.32 Å². The molecule has 1 aromatic rings. The third kappa shape index (κ3) is 1.96. The summed E-state index contributed by atoms with van der Waals surface area (Å²) in [5.41, 5.74) is 0.749. The van der Waals surface area contributed by atoms with Gasteiger partial charge in [0.2, 0.25) is 0 Å². The van der Waals surface area contributed by atoms with Crippen LogP contribution in [0.5, 0.6) is 0 Å². The van der Waals surface area contributed by atoms with Crippen molar-refractivity contribution in [3.05, 3.63) is 22.4 Å². The highest BCUT2D eigenvalue weighted by Gasteiger charge is 2.54. The van der Waals surface area contributed by atoms with Crippen LogP contribution in [0, 0.1) is 11.8 Å². The summed E-state index contributed by atoms with van der Waals surface area (Å²) in [5, 5.41) is 6.93. The van der Waals surface area contributed by atoms with Crippen LogP contribution >= 0.6 is 11.3 Å². The zero-order valence-electron chi connectivity index (χ0n) is 10.3. The second-order valence-corrected chi connectivity index (χ2v) is 5.70. The maximum Gasteiger partial charge on any atom is 0.252 e. The summed E-state index contributed by atoms with van der Waals surface area (Å²) in [5.74, 6) is 0.783. The maximum atomic E-state index is 12.1. The van der Waals surface area contributed by atoms with E-state index in [2.05, 4.69) is 5.32 Å². The number of hydrogen-bond donors (Lipinski definition) is 1. The Morgan fingerprint density at radius 1 is 1.67 bits per heavy atom. The molecule has 0 unspecified atom stereocenters. The molecule has 0 radical (unpaired) electrons. The van der Waals surface area contributed by atoms with E-state index < -0.39 is 0 Å². The van der Waals surface area contributed by atoms with Crippen molar-refractivity contribution in [3.8, 4) is 0 Å². The quantitative estimate of drug-likeness (QED) is 0.900. The van der Waals surface area contributed by atoms with Crippen molar-refractivity contribution < 1.29 is 14.3 Å². The molecule has 0 bridgehead atoms. The molecule has 2 aliphatic rings. The highest BCUT2D eigenvalue weighted by atomic mass is 32.1. The standard InChI is InChI=1S/C13H17NO3S/c1-16-6-10-11(9-2-4-17-12(9)10)14-13(15)8-3-5-18-7-8/h3,5,7,9-12H,2,4,6H2,1H3,(H,14,15)/t9-,10+,11+,12-/m1/s1. The van der Waals surface area contributed by atoms with Gasteiger partial charge in [0.25, 0.3) is 5.91 Å². The Morgan fingerprint density at radius 2 is 2.56 bits per heavy atom. The molecule has 1 saturated carbocycles. The van der Waals surface area contributed by atoms with Gasteiger partial charge >= 0.3 is 0 Å². The van der Waals surface area contributed by atoms with E-state index in [9.17, 15) is 4.79 Å². The molecule has 1 aromatic heterocycles. The number of carbonyl (C=O) groups is 1. The Labute approximate surface area is 110 Å². The second-order valence-electron chi connectivity index (χ2n) is 4.92. The van der Waals surface area contributed by atoms with Gasteiger partial charge in [0.15, 0.2) is 0 Å². The lowest BCUT2D eigenvalue weighted by molar-refractivity contribution is -0.0809. The first-order chi connectivity index (χ1) is 8.81. The van der Waals surface area contributed by atoms with E-state index in [4.69, 9.17) is 9.47 Å². The van der Waals surface area contributed by atoms with Crippen molar-refractivity contribution in [2.24, 2.45) is 11.8 Å². The minimum absolute atomic E-state index is 0.0210. The average molecular weight is 267 g/mol. The van der Waals surface area contributed by atoms with Crippen LogP contribution < -0.4 is 5.32 Å². The number of ether oxygens (including phenoxy) is 2. The molecule has 2 heterocycles. The van der Waals surface area contributed by atoms with Gasteiger partial charge < -0.3 is 14.8 Å². The van der Waals surface area contributed by atoms with Gasteiger partial charge in [-0.3, -0.25) is 4.79 Å². The molecule has 1 saturated heterocycles. The summed E-state index contributed by atoms with van der Waals surface area (Å²) in [7, 11) is 1.69. The van der Waals surface area contributed by atoms with Crippen LogP contribution in [0.3, 0.4) is 0 Å². The smallest absolute Gasteiger partial charge is 0.252 e. The number of rotatable bonds is 4. The van der Waals surface area contributed by atoms with Crippen molar-refractivity contribution >= 4 is 17.2 Å². The molecule has 4 nitrogen and oxygen atoms in total. The summed E-state index contributed by atoms with van der Waals surface area (Å²) in [4.78, 5) is 12.1. The zero-order valence-corrected chi connectivity index (χ0v) is 11.1. The van der Waals surface area contributed by atoms with E-state index in [1.54, 1.807) is 18.4 Å². The number of nitrogens with one attached hydrogen (secondary N) is 1. The molecule has 1 aliphatic carbocycles. The van der Waals surface area contributed by atoms with Crippen molar-refractivity contribution in [2.75, 3.05) is 20.3 Å². The SMILES string of the molecule is COC[C@H]1[C@@H](NC(=O)c2ccsc2)[C@H]2CCO[C@H]21. The van der Waals surface area contributed by atoms with Crippen LogP contribution in [0.25, 0.3) is 0 Å². The molecular weight excluding hydrogens is 250 g/mol. The number of hydrogen-bond acceptors (Lipinski definition) is 4. The summed E-state index contributed by atoms with van der Waals surface area (Å²) < 4.78 is 10.9. The molecule has 2 fully saturated rings. The van der Waals surface area contributed by atoms with Gasteiger partial charge in [0, 0.05) is 42.5 Å². The fourth-order valence-corrected chi connectivity index (χ4v) is 3.70. The number of carbonyl (C=O) groups excluding carboxylic acids is 1. The molecule has 98 valence electrons. The van der Waals surface area contributed by atoms with Crippen LogP contribution in [0.15, 0.2) is 16.8 Å². The Hall–Kier alpha value is -0.910. The van der Waals surface area contributed by atoms with Gasteiger partial charge in [-0.25, -0.2) is 0 Å². The van der Waals surface area contributed by atoms with Gasteiger partial charge in [-0.2, -0.15) is 11.3 Å². The molecule has 1 aliphatic heterocycles. The first kappa shape index (κ1) is 12.1. The Bertz CT molecular complexity index is 420. The predicted octanol–water partition coefficient (Wildman–Crippen LogP) is 1.53. The Kier molecular flexibility index (Phi) is 3.37. The fourth-order valence-electron chi connectivity index (χ4n) is 3.06. The molecular formula is C13H17NO3S. The van der Waals surface area contributed by atoms with Gasteiger partial charge in [0.05, 0.1) is 12.7 Å². The zero-order chi connectivity index (χ0) is 12.5. The molecule has 0 spiro atoms. The number of fused-ring (bicyclic) bond motifs is 1. The second kappa shape index (κ2) is 4.99. The molecule has 3 rings (SSSR count). The Morgan fingerprint density at radius 3 is 3.28 bits per heavy atom. The van der Waals surface area contributed by atoms with Crippen LogP contribution in [-0.4, -0.2) is 38.4 Å². The monoisotopic (exact) mass is 267 g/mol. The topological polar surface area (TPSA) is 47.6 Å². The summed E-state index contributed by atoms with van der Waals surface area (Å²) in [6, 6.07) is 2.05. The molecule has 0 aromatic carbocycles. The van der Waals surface area contributed by atoms with Crippen LogP contribution in [-0.2, 0) is 9.47 Å². The highest BCUT2D eigenvalue weighted by molar-refractivity contribution is 7.08. The van der Waals surface area contributed by atoms with Gasteiger partial charge in [-0.05, 0) is 17.9 Å². The first-order valence-corrected chi connectivity index (χ1v) is 7.19. The summed E-state index contributed by atoms with van der Waals surface area (Å²) >= 11 is 1.54. The van der Waals surface area contributed by atoms with Crippen LogP contribution in [0.4, 0.5) is 0 Å². The summed E-state index contributed by atoms with van der Waals surface area (Å²) in [6.07, 6.45) is 1.32. The van der Waals surface area contributed by atoms with E-state index in [0.717, 1.165) is 18.6 Å². The minimum atomic E-state index is 0.0210. The Balaban J connectivity index is 1.66. The molecule has 1 amide bonds. The largest absolute Gasteiger partial charge is 0.384 e. The van der Waals surface area contributed by atoms with Crippen molar-refractivity contribution in [1.29, 1.82) is 0 Å².